The zero-order chi connectivity index (χ0) is 12.4. The van der Waals surface area contributed by atoms with Gasteiger partial charge in [-0.15, -0.1) is 0 Å². The molecule has 0 aliphatic carbocycles. The van der Waals surface area contributed by atoms with Crippen molar-refractivity contribution in [2.45, 2.75) is 0 Å². The molecule has 0 atom stereocenters. The second-order valence-corrected chi connectivity index (χ2v) is 3.85. The van der Waals surface area contributed by atoms with Crippen molar-refractivity contribution in [3.8, 4) is 5.75 Å². The van der Waals surface area contributed by atoms with Crippen molar-refractivity contribution in [1.82, 2.24) is 0 Å². The highest BCUT2D eigenvalue weighted by Crippen LogP contribution is 2.29. The molecule has 1 N–H and O–H groups in total. The van der Waals surface area contributed by atoms with Gasteiger partial charge in [-0.3, -0.25) is 4.79 Å². The summed E-state index contributed by atoms with van der Waals surface area (Å²) in [5.41, 5.74) is -0.104. The Morgan fingerprint density at radius 2 is 1.71 bits per heavy atom. The number of hydrogen-bond donors (Lipinski definition) is 1. The van der Waals surface area contributed by atoms with Gasteiger partial charge in [0.25, 0.3) is 0 Å². The summed E-state index contributed by atoms with van der Waals surface area (Å²) in [6, 6.07) is 9.97. The lowest BCUT2D eigenvalue weighted by molar-refractivity contribution is 0.103. The zero-order valence-corrected chi connectivity index (χ0v) is 9.41. The fraction of sp³-hybridized carbons (Fsp3) is 0. The molecule has 4 heteroatoms. The van der Waals surface area contributed by atoms with Crippen molar-refractivity contribution in [1.29, 1.82) is 0 Å². The van der Waals surface area contributed by atoms with E-state index in [0.29, 0.717) is 0 Å². The summed E-state index contributed by atoms with van der Waals surface area (Å²) in [5, 5.41) is 9.71. The Balaban J connectivity index is 2.52. The molecule has 0 aromatic heterocycles. The fourth-order valence-corrected chi connectivity index (χ4v) is 1.66. The van der Waals surface area contributed by atoms with Gasteiger partial charge in [0.2, 0.25) is 0 Å². The van der Waals surface area contributed by atoms with E-state index in [1.165, 1.54) is 36.4 Å². The second kappa shape index (κ2) is 4.55. The van der Waals surface area contributed by atoms with Crippen molar-refractivity contribution >= 4 is 17.4 Å². The lowest BCUT2D eigenvalue weighted by atomic mass is 10.0. The number of carbonyl (C=O) groups excluding carboxylic acids is 1. The van der Waals surface area contributed by atoms with Gasteiger partial charge in [-0.25, -0.2) is 4.39 Å². The molecule has 0 saturated heterocycles. The molecule has 0 fully saturated rings. The highest BCUT2D eigenvalue weighted by atomic mass is 35.5. The summed E-state index contributed by atoms with van der Waals surface area (Å²) in [4.78, 5) is 12.0. The first-order chi connectivity index (χ1) is 8.11. The van der Waals surface area contributed by atoms with E-state index in [4.69, 9.17) is 11.6 Å². The SMILES string of the molecule is O=C(c1ccccc1F)c1cccc(Cl)c1O. The van der Waals surface area contributed by atoms with E-state index >= 15 is 0 Å². The molecular weight excluding hydrogens is 243 g/mol. The van der Waals surface area contributed by atoms with Crippen molar-refractivity contribution < 1.29 is 14.3 Å². The van der Waals surface area contributed by atoms with Gasteiger partial charge in [0.05, 0.1) is 16.1 Å². The molecular formula is C13H8ClFO2. The largest absolute Gasteiger partial charge is 0.506 e. The minimum absolute atomic E-state index is 0.0115. The molecule has 0 bridgehead atoms. The molecule has 2 aromatic rings. The number of benzene rings is 2. The second-order valence-electron chi connectivity index (χ2n) is 3.44. The van der Waals surface area contributed by atoms with Gasteiger partial charge in [-0.05, 0) is 24.3 Å². The number of phenols is 1. The maximum Gasteiger partial charge on any atom is 0.199 e. The van der Waals surface area contributed by atoms with Crippen LogP contribution in [0.5, 0.6) is 5.75 Å². The maximum atomic E-state index is 13.4. The Labute approximate surface area is 102 Å². The predicted molar refractivity (Wildman–Crippen MR) is 62.9 cm³/mol. The fourth-order valence-electron chi connectivity index (χ4n) is 1.49. The Bertz CT molecular complexity index is 581. The van der Waals surface area contributed by atoms with Crippen molar-refractivity contribution in [2.24, 2.45) is 0 Å². The van der Waals surface area contributed by atoms with Crippen molar-refractivity contribution in [3.05, 3.63) is 64.4 Å². The van der Waals surface area contributed by atoms with Crippen LogP contribution in [-0.2, 0) is 0 Å². The van der Waals surface area contributed by atoms with Crippen LogP contribution in [0.4, 0.5) is 4.39 Å². The van der Waals surface area contributed by atoms with E-state index < -0.39 is 11.6 Å². The molecule has 2 aromatic carbocycles. The summed E-state index contributed by atoms with van der Waals surface area (Å²) in [7, 11) is 0. The summed E-state index contributed by atoms with van der Waals surface area (Å²) in [6.07, 6.45) is 0. The molecule has 17 heavy (non-hydrogen) atoms. The maximum absolute atomic E-state index is 13.4. The van der Waals surface area contributed by atoms with E-state index in [-0.39, 0.29) is 21.9 Å². The van der Waals surface area contributed by atoms with Gasteiger partial charge in [-0.2, -0.15) is 0 Å². The number of ketones is 1. The Kier molecular flexibility index (Phi) is 3.11. The van der Waals surface area contributed by atoms with Crippen LogP contribution in [0.2, 0.25) is 5.02 Å². The van der Waals surface area contributed by atoms with Gasteiger partial charge >= 0.3 is 0 Å². The van der Waals surface area contributed by atoms with Gasteiger partial charge in [0.1, 0.15) is 11.6 Å². The van der Waals surface area contributed by atoms with Gasteiger partial charge in [-0.1, -0.05) is 29.8 Å². The van der Waals surface area contributed by atoms with Crippen LogP contribution in [0, 0.1) is 5.82 Å². The van der Waals surface area contributed by atoms with Crippen LogP contribution < -0.4 is 0 Å². The van der Waals surface area contributed by atoms with E-state index in [1.807, 2.05) is 0 Å². The van der Waals surface area contributed by atoms with Crippen LogP contribution in [0.15, 0.2) is 42.5 Å². The van der Waals surface area contributed by atoms with Gasteiger partial charge < -0.3 is 5.11 Å². The minimum Gasteiger partial charge on any atom is -0.506 e. The van der Waals surface area contributed by atoms with Gasteiger partial charge in [0.15, 0.2) is 5.78 Å². The third kappa shape index (κ3) is 2.15. The molecule has 86 valence electrons. The predicted octanol–water partition coefficient (Wildman–Crippen LogP) is 3.42. The lowest BCUT2D eigenvalue weighted by Crippen LogP contribution is -2.04. The molecule has 2 rings (SSSR count). The monoisotopic (exact) mass is 250 g/mol. The van der Waals surface area contributed by atoms with Crippen LogP contribution in [-0.4, -0.2) is 10.9 Å². The number of aromatic hydroxyl groups is 1. The highest BCUT2D eigenvalue weighted by molar-refractivity contribution is 6.33. The third-order valence-corrected chi connectivity index (χ3v) is 2.65. The summed E-state index contributed by atoms with van der Waals surface area (Å²) >= 11 is 5.69. The quantitative estimate of drug-likeness (QED) is 0.830. The molecule has 0 amide bonds. The molecule has 0 heterocycles. The Morgan fingerprint density at radius 1 is 1.06 bits per heavy atom. The highest BCUT2D eigenvalue weighted by Gasteiger charge is 2.17. The van der Waals surface area contributed by atoms with E-state index in [2.05, 4.69) is 0 Å². The summed E-state index contributed by atoms with van der Waals surface area (Å²) < 4.78 is 13.4. The molecule has 0 saturated carbocycles. The number of phenolic OH excluding ortho intramolecular Hbond substituents is 1. The smallest absolute Gasteiger partial charge is 0.199 e. The summed E-state index contributed by atoms with van der Waals surface area (Å²) in [5.74, 6) is -1.55. The molecule has 0 spiro atoms. The van der Waals surface area contributed by atoms with Crippen LogP contribution in [0.25, 0.3) is 0 Å². The topological polar surface area (TPSA) is 37.3 Å². The molecule has 0 radical (unpaired) electrons. The molecule has 0 aliphatic rings. The number of rotatable bonds is 2. The first-order valence-corrected chi connectivity index (χ1v) is 5.26. The van der Waals surface area contributed by atoms with E-state index in [9.17, 15) is 14.3 Å². The van der Waals surface area contributed by atoms with Gasteiger partial charge in [0, 0.05) is 0 Å². The van der Waals surface area contributed by atoms with Crippen LogP contribution in [0.1, 0.15) is 15.9 Å². The van der Waals surface area contributed by atoms with Crippen LogP contribution in [0.3, 0.4) is 0 Å². The molecule has 0 aliphatic heterocycles. The molecule has 2 nitrogen and oxygen atoms in total. The number of hydrogen-bond acceptors (Lipinski definition) is 2. The third-order valence-electron chi connectivity index (χ3n) is 2.35. The number of carbonyl (C=O) groups is 1. The minimum atomic E-state index is -0.628. The Hall–Kier alpha value is -1.87. The standard InChI is InChI=1S/C13H8ClFO2/c14-10-6-3-5-9(13(10)17)12(16)8-4-1-2-7-11(8)15/h1-7,17H. The first kappa shape index (κ1) is 11.6. The average molecular weight is 251 g/mol. The van der Waals surface area contributed by atoms with Crippen molar-refractivity contribution in [3.63, 3.8) is 0 Å². The van der Waals surface area contributed by atoms with E-state index in [1.54, 1.807) is 6.07 Å². The number of halogens is 2. The average Bonchev–Trinajstić information content (AvgIpc) is 2.32. The number of para-hydroxylation sites is 1. The zero-order valence-electron chi connectivity index (χ0n) is 8.65. The molecule has 0 unspecified atom stereocenters. The van der Waals surface area contributed by atoms with E-state index in [0.717, 1.165) is 0 Å². The normalized spacial score (nSPS) is 10.2. The first-order valence-electron chi connectivity index (χ1n) is 4.88. The Morgan fingerprint density at radius 3 is 2.41 bits per heavy atom. The summed E-state index contributed by atoms with van der Waals surface area (Å²) in [6.45, 7) is 0. The van der Waals surface area contributed by atoms with Crippen LogP contribution >= 0.6 is 11.6 Å². The van der Waals surface area contributed by atoms with Crippen molar-refractivity contribution in [2.75, 3.05) is 0 Å². The lowest BCUT2D eigenvalue weighted by Gasteiger charge is -2.05.